The third-order valence-corrected chi connectivity index (χ3v) is 3.04. The molecule has 0 fully saturated rings. The highest BCUT2D eigenvalue weighted by Gasteiger charge is 2.28. The van der Waals surface area contributed by atoms with E-state index in [9.17, 15) is 10.1 Å². The normalized spacial score (nSPS) is 18.2. The molecule has 1 unspecified atom stereocenters. The molecule has 1 heterocycles. The van der Waals surface area contributed by atoms with Gasteiger partial charge in [0.2, 0.25) is 0 Å². The summed E-state index contributed by atoms with van der Waals surface area (Å²) in [5.74, 6) is -0.511. The van der Waals surface area contributed by atoms with E-state index in [0.717, 1.165) is 12.1 Å². The molecule has 18 heavy (non-hydrogen) atoms. The first-order valence-electron chi connectivity index (χ1n) is 5.74. The van der Waals surface area contributed by atoms with Crippen molar-refractivity contribution in [3.05, 3.63) is 41.6 Å². The van der Waals surface area contributed by atoms with Gasteiger partial charge in [-0.2, -0.15) is 5.26 Å². The summed E-state index contributed by atoms with van der Waals surface area (Å²) in [7, 11) is 1.30. The first-order valence-corrected chi connectivity index (χ1v) is 5.74. The summed E-state index contributed by atoms with van der Waals surface area (Å²) in [4.78, 5) is 13.2. The van der Waals surface area contributed by atoms with Crippen LogP contribution in [0.5, 0.6) is 0 Å². The minimum atomic E-state index is -0.511. The molecular formula is C14H14N2O2. The molecule has 1 atom stereocenters. The molecule has 4 nitrogen and oxygen atoms in total. The lowest BCUT2D eigenvalue weighted by molar-refractivity contribution is -0.134. The topological polar surface area (TPSA) is 53.3 Å². The number of anilines is 1. The standard InChI is InChI=1S/C14H14N2O2/c1-10-7-11-5-3-4-6-13(11)16(10)12(9-15)8-14(17)18-2/h3-6,8,10H,7H2,1-2H3. The molecule has 0 bridgehead atoms. The summed E-state index contributed by atoms with van der Waals surface area (Å²) in [6, 6.07) is 10.1. The van der Waals surface area contributed by atoms with Crippen molar-refractivity contribution >= 4 is 11.7 Å². The SMILES string of the molecule is COC(=O)C=C(C#N)N1c2ccccc2CC1C. The van der Waals surface area contributed by atoms with Gasteiger partial charge in [0.15, 0.2) is 0 Å². The number of nitriles is 1. The lowest BCUT2D eigenvalue weighted by atomic mass is 10.1. The Morgan fingerprint density at radius 2 is 2.28 bits per heavy atom. The van der Waals surface area contributed by atoms with Gasteiger partial charge in [-0.25, -0.2) is 4.79 Å². The van der Waals surface area contributed by atoms with E-state index in [1.807, 2.05) is 36.1 Å². The quantitative estimate of drug-likeness (QED) is 0.452. The molecule has 92 valence electrons. The summed E-state index contributed by atoms with van der Waals surface area (Å²) < 4.78 is 4.57. The first kappa shape index (κ1) is 12.2. The third kappa shape index (κ3) is 2.07. The number of carbonyl (C=O) groups excluding carboxylic acids is 1. The van der Waals surface area contributed by atoms with E-state index < -0.39 is 5.97 Å². The maximum absolute atomic E-state index is 11.3. The number of para-hydroxylation sites is 1. The Bertz CT molecular complexity index is 543. The van der Waals surface area contributed by atoms with Crippen LogP contribution in [0, 0.1) is 11.3 Å². The first-order chi connectivity index (χ1) is 8.67. The predicted molar refractivity (Wildman–Crippen MR) is 67.8 cm³/mol. The van der Waals surface area contributed by atoms with Gasteiger partial charge in [-0.15, -0.1) is 0 Å². The Kier molecular flexibility index (Phi) is 3.33. The second-order valence-corrected chi connectivity index (χ2v) is 4.22. The maximum atomic E-state index is 11.3. The van der Waals surface area contributed by atoms with E-state index in [0.29, 0.717) is 5.70 Å². The summed E-state index contributed by atoms with van der Waals surface area (Å²) in [6.07, 6.45) is 2.11. The van der Waals surface area contributed by atoms with Crippen molar-refractivity contribution < 1.29 is 9.53 Å². The van der Waals surface area contributed by atoms with Gasteiger partial charge in [-0.05, 0) is 25.0 Å². The van der Waals surface area contributed by atoms with Crippen molar-refractivity contribution in [2.45, 2.75) is 19.4 Å². The molecule has 2 rings (SSSR count). The Balaban J connectivity index is 2.41. The van der Waals surface area contributed by atoms with E-state index in [1.165, 1.54) is 18.7 Å². The number of rotatable bonds is 2. The zero-order valence-electron chi connectivity index (χ0n) is 10.4. The van der Waals surface area contributed by atoms with Crippen LogP contribution in [0.2, 0.25) is 0 Å². The average molecular weight is 242 g/mol. The number of hydrogen-bond donors (Lipinski definition) is 0. The number of methoxy groups -OCH3 is 1. The zero-order valence-corrected chi connectivity index (χ0v) is 10.4. The minimum absolute atomic E-state index is 0.165. The highest BCUT2D eigenvalue weighted by molar-refractivity contribution is 5.85. The molecule has 0 spiro atoms. The molecule has 1 aromatic rings. The molecule has 1 aromatic carbocycles. The molecule has 0 aliphatic carbocycles. The van der Waals surface area contributed by atoms with Crippen molar-refractivity contribution in [3.63, 3.8) is 0 Å². The maximum Gasteiger partial charge on any atom is 0.333 e. The van der Waals surface area contributed by atoms with Gasteiger partial charge in [0.1, 0.15) is 11.8 Å². The number of esters is 1. The van der Waals surface area contributed by atoms with Crippen LogP contribution in [0.25, 0.3) is 0 Å². The summed E-state index contributed by atoms with van der Waals surface area (Å²) in [5, 5.41) is 9.21. The predicted octanol–water partition coefficient (Wildman–Crippen LogP) is 2.02. The molecule has 1 aliphatic heterocycles. The Hall–Kier alpha value is -2.28. The highest BCUT2D eigenvalue weighted by atomic mass is 16.5. The van der Waals surface area contributed by atoms with Crippen LogP contribution in [0.3, 0.4) is 0 Å². The molecular weight excluding hydrogens is 228 g/mol. The van der Waals surface area contributed by atoms with Gasteiger partial charge >= 0.3 is 5.97 Å². The van der Waals surface area contributed by atoms with Crippen molar-refractivity contribution in [2.75, 3.05) is 12.0 Å². The second kappa shape index (κ2) is 4.92. The summed E-state index contributed by atoms with van der Waals surface area (Å²) >= 11 is 0. The fourth-order valence-corrected chi connectivity index (χ4v) is 2.26. The number of fused-ring (bicyclic) bond motifs is 1. The highest BCUT2D eigenvalue weighted by Crippen LogP contribution is 2.34. The molecule has 0 aromatic heterocycles. The van der Waals surface area contributed by atoms with Crippen LogP contribution >= 0.6 is 0 Å². The Morgan fingerprint density at radius 3 is 2.94 bits per heavy atom. The lowest BCUT2D eigenvalue weighted by Gasteiger charge is -2.23. The Labute approximate surface area is 106 Å². The molecule has 1 aliphatic rings. The molecule has 0 saturated carbocycles. The minimum Gasteiger partial charge on any atom is -0.466 e. The molecule has 4 heteroatoms. The summed E-state index contributed by atoms with van der Waals surface area (Å²) in [6.45, 7) is 2.03. The largest absolute Gasteiger partial charge is 0.466 e. The van der Waals surface area contributed by atoms with Gasteiger partial charge in [0.25, 0.3) is 0 Å². The van der Waals surface area contributed by atoms with Crippen LogP contribution in [0.1, 0.15) is 12.5 Å². The lowest BCUT2D eigenvalue weighted by Crippen LogP contribution is -2.28. The fraction of sp³-hybridized carbons (Fsp3) is 0.286. The van der Waals surface area contributed by atoms with E-state index in [4.69, 9.17) is 0 Å². The van der Waals surface area contributed by atoms with Crippen molar-refractivity contribution in [3.8, 4) is 6.07 Å². The number of carbonyl (C=O) groups is 1. The van der Waals surface area contributed by atoms with E-state index >= 15 is 0 Å². The Morgan fingerprint density at radius 1 is 1.56 bits per heavy atom. The van der Waals surface area contributed by atoms with Gasteiger partial charge in [-0.3, -0.25) is 0 Å². The van der Waals surface area contributed by atoms with Crippen LogP contribution in [-0.4, -0.2) is 19.1 Å². The second-order valence-electron chi connectivity index (χ2n) is 4.22. The van der Waals surface area contributed by atoms with Crippen molar-refractivity contribution in [2.24, 2.45) is 0 Å². The molecule has 0 saturated heterocycles. The van der Waals surface area contributed by atoms with Crippen LogP contribution < -0.4 is 4.90 Å². The third-order valence-electron chi connectivity index (χ3n) is 3.04. The smallest absolute Gasteiger partial charge is 0.333 e. The van der Waals surface area contributed by atoms with Crippen LogP contribution in [-0.2, 0) is 16.0 Å². The van der Waals surface area contributed by atoms with Crippen molar-refractivity contribution in [1.82, 2.24) is 0 Å². The van der Waals surface area contributed by atoms with Gasteiger partial charge < -0.3 is 9.64 Å². The monoisotopic (exact) mass is 242 g/mol. The average Bonchev–Trinajstić information content (AvgIpc) is 2.71. The van der Waals surface area contributed by atoms with Gasteiger partial charge in [0.05, 0.1) is 13.2 Å². The number of hydrogen-bond acceptors (Lipinski definition) is 4. The number of allylic oxidation sites excluding steroid dienone is 1. The summed E-state index contributed by atoms with van der Waals surface area (Å²) in [5.41, 5.74) is 2.50. The molecule has 0 amide bonds. The number of nitrogens with zero attached hydrogens (tertiary/aromatic N) is 2. The van der Waals surface area contributed by atoms with Gasteiger partial charge in [-0.1, -0.05) is 18.2 Å². The molecule has 0 N–H and O–H groups in total. The zero-order chi connectivity index (χ0) is 13.1. The molecule has 0 radical (unpaired) electrons. The number of ether oxygens (including phenoxy) is 1. The van der Waals surface area contributed by atoms with Crippen LogP contribution in [0.4, 0.5) is 5.69 Å². The van der Waals surface area contributed by atoms with E-state index in [-0.39, 0.29) is 6.04 Å². The fourth-order valence-electron chi connectivity index (χ4n) is 2.26. The van der Waals surface area contributed by atoms with Crippen LogP contribution in [0.15, 0.2) is 36.0 Å². The van der Waals surface area contributed by atoms with E-state index in [2.05, 4.69) is 10.8 Å². The van der Waals surface area contributed by atoms with Crippen molar-refractivity contribution in [1.29, 1.82) is 5.26 Å². The van der Waals surface area contributed by atoms with Gasteiger partial charge in [0, 0.05) is 11.7 Å². The number of benzene rings is 1. The van der Waals surface area contributed by atoms with E-state index in [1.54, 1.807) is 0 Å².